The van der Waals surface area contributed by atoms with Gasteiger partial charge in [-0.15, -0.1) is 10.2 Å². The second-order valence-corrected chi connectivity index (χ2v) is 8.36. The van der Waals surface area contributed by atoms with Crippen LogP contribution in [0, 0.1) is 5.41 Å². The fraction of sp³-hybridized carbons (Fsp3) is 0.824. The molecular formula is C17H28N4O2S. The van der Waals surface area contributed by atoms with Crippen LogP contribution in [0.5, 0.6) is 0 Å². The minimum Gasteiger partial charge on any atom is -0.383 e. The minimum absolute atomic E-state index is 0.281. The van der Waals surface area contributed by atoms with Crippen molar-refractivity contribution in [1.82, 2.24) is 15.1 Å². The molecule has 6 nitrogen and oxygen atoms in total. The van der Waals surface area contributed by atoms with Crippen LogP contribution in [-0.2, 0) is 9.53 Å². The summed E-state index contributed by atoms with van der Waals surface area (Å²) >= 11 is 1.72. The van der Waals surface area contributed by atoms with E-state index >= 15 is 0 Å². The summed E-state index contributed by atoms with van der Waals surface area (Å²) in [5.41, 5.74) is 0.281. The number of carbonyl (C=O) groups excluding carboxylic acids is 1. The van der Waals surface area contributed by atoms with Crippen LogP contribution < -0.4 is 4.90 Å². The van der Waals surface area contributed by atoms with E-state index in [4.69, 9.17) is 4.74 Å². The van der Waals surface area contributed by atoms with Crippen LogP contribution in [0.3, 0.4) is 0 Å². The monoisotopic (exact) mass is 352 g/mol. The van der Waals surface area contributed by atoms with E-state index in [1.807, 2.05) is 4.90 Å². The number of hydrogen-bond donors (Lipinski definition) is 0. The Morgan fingerprint density at radius 2 is 2.00 bits per heavy atom. The molecule has 2 saturated heterocycles. The van der Waals surface area contributed by atoms with Crippen molar-refractivity contribution in [3.63, 3.8) is 0 Å². The molecular weight excluding hydrogens is 324 g/mol. The largest absolute Gasteiger partial charge is 0.383 e. The summed E-state index contributed by atoms with van der Waals surface area (Å²) in [7, 11) is 1.69. The molecule has 1 aromatic rings. The van der Waals surface area contributed by atoms with Crippen molar-refractivity contribution < 1.29 is 9.53 Å². The highest BCUT2D eigenvalue weighted by molar-refractivity contribution is 7.15. The molecule has 0 saturated carbocycles. The zero-order valence-corrected chi connectivity index (χ0v) is 15.8. The highest BCUT2D eigenvalue weighted by Crippen LogP contribution is 2.41. The molecule has 0 aliphatic carbocycles. The second-order valence-electron chi connectivity index (χ2n) is 7.37. The zero-order chi connectivity index (χ0) is 17.2. The molecule has 1 aromatic heterocycles. The predicted octanol–water partition coefficient (Wildman–Crippen LogP) is 2.52. The third-order valence-corrected chi connectivity index (χ3v) is 6.62. The Morgan fingerprint density at radius 1 is 1.25 bits per heavy atom. The van der Waals surface area contributed by atoms with E-state index in [1.54, 1.807) is 18.4 Å². The molecule has 2 aliphatic rings. The number of anilines is 1. The molecule has 3 heterocycles. The molecule has 1 amide bonds. The normalized spacial score (nSPS) is 21.1. The van der Waals surface area contributed by atoms with Crippen LogP contribution >= 0.6 is 11.3 Å². The number of aromatic nitrogens is 2. The number of ether oxygens (including phenoxy) is 1. The summed E-state index contributed by atoms with van der Waals surface area (Å²) in [6, 6.07) is 0. The molecule has 3 rings (SSSR count). The molecule has 134 valence electrons. The first-order chi connectivity index (χ1) is 11.5. The summed E-state index contributed by atoms with van der Waals surface area (Å²) in [6.07, 6.45) is 3.96. The molecule has 7 heteroatoms. The number of nitrogens with zero attached hydrogens (tertiary/aromatic N) is 4. The fourth-order valence-electron chi connectivity index (χ4n) is 3.68. The van der Waals surface area contributed by atoms with E-state index in [0.29, 0.717) is 18.9 Å². The number of hydrogen-bond acceptors (Lipinski definition) is 6. The van der Waals surface area contributed by atoms with Gasteiger partial charge in [-0.2, -0.15) is 0 Å². The Labute approximate surface area is 148 Å². The highest BCUT2D eigenvalue weighted by atomic mass is 32.1. The smallest absolute Gasteiger partial charge is 0.222 e. The molecule has 0 bridgehead atoms. The molecule has 0 unspecified atom stereocenters. The predicted molar refractivity (Wildman–Crippen MR) is 95.6 cm³/mol. The van der Waals surface area contributed by atoms with Gasteiger partial charge in [-0.25, -0.2) is 0 Å². The van der Waals surface area contributed by atoms with Gasteiger partial charge >= 0.3 is 0 Å². The average molecular weight is 353 g/mol. The molecule has 24 heavy (non-hydrogen) atoms. The first kappa shape index (κ1) is 17.6. The van der Waals surface area contributed by atoms with Crippen molar-refractivity contribution in [2.24, 2.45) is 5.41 Å². The molecule has 0 aromatic carbocycles. The van der Waals surface area contributed by atoms with E-state index in [9.17, 15) is 4.79 Å². The minimum atomic E-state index is 0.281. The lowest BCUT2D eigenvalue weighted by molar-refractivity contribution is -0.139. The number of amides is 1. The van der Waals surface area contributed by atoms with Crippen LogP contribution in [0.2, 0.25) is 0 Å². The van der Waals surface area contributed by atoms with E-state index in [2.05, 4.69) is 28.9 Å². The van der Waals surface area contributed by atoms with Gasteiger partial charge in [-0.05, 0) is 24.7 Å². The summed E-state index contributed by atoms with van der Waals surface area (Å²) in [5, 5.41) is 10.8. The van der Waals surface area contributed by atoms with Crippen LogP contribution in [0.15, 0.2) is 0 Å². The van der Waals surface area contributed by atoms with Gasteiger partial charge in [0, 0.05) is 45.6 Å². The van der Waals surface area contributed by atoms with Crippen molar-refractivity contribution >= 4 is 22.4 Å². The maximum atomic E-state index is 12.1. The fourth-order valence-corrected chi connectivity index (χ4v) is 4.57. The number of carbonyl (C=O) groups is 1. The van der Waals surface area contributed by atoms with Crippen molar-refractivity contribution in [1.29, 1.82) is 0 Å². The second kappa shape index (κ2) is 7.35. The molecule has 2 aliphatic heterocycles. The van der Waals surface area contributed by atoms with Gasteiger partial charge in [0.25, 0.3) is 0 Å². The molecule has 0 radical (unpaired) electrons. The number of methoxy groups -OCH3 is 1. The molecule has 1 spiro atoms. The third kappa shape index (κ3) is 3.72. The Hall–Kier alpha value is -1.21. The van der Waals surface area contributed by atoms with Crippen molar-refractivity contribution in [3.8, 4) is 0 Å². The Morgan fingerprint density at radius 3 is 2.62 bits per heavy atom. The summed E-state index contributed by atoms with van der Waals surface area (Å²) in [4.78, 5) is 16.5. The first-order valence-electron chi connectivity index (χ1n) is 8.88. The topological polar surface area (TPSA) is 58.6 Å². The average Bonchev–Trinajstić information content (AvgIpc) is 3.07. The van der Waals surface area contributed by atoms with Crippen LogP contribution in [0.1, 0.15) is 50.5 Å². The third-order valence-electron chi connectivity index (χ3n) is 5.33. The molecule has 0 atom stereocenters. The van der Waals surface area contributed by atoms with Crippen LogP contribution in [-0.4, -0.2) is 60.9 Å². The highest BCUT2D eigenvalue weighted by Gasteiger charge is 2.41. The van der Waals surface area contributed by atoms with Gasteiger partial charge in [-0.3, -0.25) is 4.79 Å². The quantitative estimate of drug-likeness (QED) is 0.815. The summed E-state index contributed by atoms with van der Waals surface area (Å²) in [5.74, 6) is 0.719. The van der Waals surface area contributed by atoms with E-state index < -0.39 is 0 Å². The van der Waals surface area contributed by atoms with Gasteiger partial charge < -0.3 is 14.5 Å². The lowest BCUT2D eigenvalue weighted by Gasteiger charge is -2.47. The SMILES string of the molecule is COCCN1CC2(CCC1=O)CCN(c1nnc(C(C)C)s1)CC2. The van der Waals surface area contributed by atoms with Crippen molar-refractivity contribution in [2.75, 3.05) is 44.8 Å². The van der Waals surface area contributed by atoms with E-state index in [0.717, 1.165) is 55.6 Å². The van der Waals surface area contributed by atoms with Crippen LogP contribution in [0.4, 0.5) is 5.13 Å². The Bertz CT molecular complexity index is 567. The van der Waals surface area contributed by atoms with Crippen LogP contribution in [0.25, 0.3) is 0 Å². The van der Waals surface area contributed by atoms with Crippen molar-refractivity contribution in [3.05, 3.63) is 5.01 Å². The number of rotatable bonds is 5. The number of likely N-dealkylation sites (tertiary alicyclic amines) is 1. The maximum absolute atomic E-state index is 12.1. The lowest BCUT2D eigenvalue weighted by Crippen LogP contribution is -2.52. The zero-order valence-electron chi connectivity index (χ0n) is 15.0. The van der Waals surface area contributed by atoms with Gasteiger partial charge in [0.15, 0.2) is 0 Å². The standard InChI is InChI=1S/C17H28N4O2S/c1-13(2)15-18-19-16(24-15)20-8-6-17(7-9-20)5-4-14(22)21(12-17)10-11-23-3/h13H,4-12H2,1-3H3. The lowest BCUT2D eigenvalue weighted by atomic mass is 9.72. The molecule has 2 fully saturated rings. The first-order valence-corrected chi connectivity index (χ1v) is 9.70. The van der Waals surface area contributed by atoms with Gasteiger partial charge in [-0.1, -0.05) is 25.2 Å². The van der Waals surface area contributed by atoms with Gasteiger partial charge in [0.1, 0.15) is 5.01 Å². The van der Waals surface area contributed by atoms with Gasteiger partial charge in [0.2, 0.25) is 11.0 Å². The summed E-state index contributed by atoms with van der Waals surface area (Å²) in [6.45, 7) is 8.56. The van der Waals surface area contributed by atoms with Gasteiger partial charge in [0.05, 0.1) is 6.61 Å². The summed E-state index contributed by atoms with van der Waals surface area (Å²) < 4.78 is 5.15. The van der Waals surface area contributed by atoms with E-state index in [1.165, 1.54) is 0 Å². The molecule has 0 N–H and O–H groups in total. The maximum Gasteiger partial charge on any atom is 0.222 e. The van der Waals surface area contributed by atoms with E-state index in [-0.39, 0.29) is 11.3 Å². The Kier molecular flexibility index (Phi) is 5.39. The Balaban J connectivity index is 1.60. The van der Waals surface area contributed by atoms with Crippen molar-refractivity contribution in [2.45, 2.75) is 45.4 Å². The number of piperidine rings is 2.